The number of aromatic nitrogens is 1. The number of carboxylic acids is 1. The molecule has 0 saturated carbocycles. The Morgan fingerprint density at radius 1 is 1.22 bits per heavy atom. The molecule has 0 radical (unpaired) electrons. The van der Waals surface area contributed by atoms with E-state index in [1.807, 2.05) is 0 Å². The lowest BCUT2D eigenvalue weighted by Crippen LogP contribution is -2.24. The van der Waals surface area contributed by atoms with Crippen LogP contribution in [-0.2, 0) is 7.05 Å². The summed E-state index contributed by atoms with van der Waals surface area (Å²) in [4.78, 5) is 23.1. The molecule has 1 heterocycles. The van der Waals surface area contributed by atoms with Gasteiger partial charge in [0.1, 0.15) is 5.56 Å². The van der Waals surface area contributed by atoms with Crippen molar-refractivity contribution in [2.45, 2.75) is 0 Å². The van der Waals surface area contributed by atoms with Gasteiger partial charge in [0.05, 0.1) is 0 Å². The zero-order valence-electron chi connectivity index (χ0n) is 9.55. The van der Waals surface area contributed by atoms with E-state index in [0.29, 0.717) is 11.1 Å². The number of pyridine rings is 1. The highest BCUT2D eigenvalue weighted by Crippen LogP contribution is 2.23. The molecule has 2 aromatic rings. The Morgan fingerprint density at radius 2 is 1.83 bits per heavy atom. The molecule has 0 aliphatic rings. The van der Waals surface area contributed by atoms with Gasteiger partial charge >= 0.3 is 5.97 Å². The first kappa shape index (κ1) is 12.6. The molecule has 92 valence electrons. The van der Waals surface area contributed by atoms with Crippen LogP contribution < -0.4 is 5.56 Å². The van der Waals surface area contributed by atoms with Crippen molar-refractivity contribution >= 4 is 21.9 Å². The van der Waals surface area contributed by atoms with E-state index in [2.05, 4.69) is 15.9 Å². The van der Waals surface area contributed by atoms with E-state index in [-0.39, 0.29) is 5.56 Å². The monoisotopic (exact) mass is 307 g/mol. The van der Waals surface area contributed by atoms with Crippen LogP contribution in [0.1, 0.15) is 10.4 Å². The third-order valence-electron chi connectivity index (χ3n) is 2.64. The highest BCUT2D eigenvalue weighted by atomic mass is 79.9. The molecule has 18 heavy (non-hydrogen) atoms. The second kappa shape index (κ2) is 4.78. The minimum absolute atomic E-state index is 0.206. The average Bonchev–Trinajstić information content (AvgIpc) is 2.33. The van der Waals surface area contributed by atoms with Crippen LogP contribution in [0, 0.1) is 0 Å². The van der Waals surface area contributed by atoms with E-state index >= 15 is 0 Å². The van der Waals surface area contributed by atoms with Gasteiger partial charge in [-0.25, -0.2) is 4.79 Å². The van der Waals surface area contributed by atoms with Crippen molar-refractivity contribution < 1.29 is 9.90 Å². The molecular weight excluding hydrogens is 298 g/mol. The highest BCUT2D eigenvalue weighted by molar-refractivity contribution is 9.10. The summed E-state index contributed by atoms with van der Waals surface area (Å²) < 4.78 is 2.15. The molecule has 0 unspecified atom stereocenters. The molecule has 4 nitrogen and oxygen atoms in total. The lowest BCUT2D eigenvalue weighted by atomic mass is 10.0. The van der Waals surface area contributed by atoms with Gasteiger partial charge in [0.25, 0.3) is 5.56 Å². The molecule has 0 aliphatic carbocycles. The molecule has 0 aliphatic heterocycles. The Bertz CT molecular complexity index is 659. The molecule has 0 saturated heterocycles. The van der Waals surface area contributed by atoms with E-state index in [4.69, 9.17) is 5.11 Å². The zero-order valence-corrected chi connectivity index (χ0v) is 11.1. The van der Waals surface area contributed by atoms with Gasteiger partial charge < -0.3 is 9.67 Å². The Morgan fingerprint density at radius 3 is 2.39 bits per heavy atom. The van der Waals surface area contributed by atoms with E-state index in [0.717, 1.165) is 4.47 Å². The van der Waals surface area contributed by atoms with Gasteiger partial charge in [-0.3, -0.25) is 4.79 Å². The maximum atomic E-state index is 11.8. The van der Waals surface area contributed by atoms with Crippen LogP contribution in [-0.4, -0.2) is 15.6 Å². The smallest absolute Gasteiger partial charge is 0.341 e. The number of aromatic carboxylic acids is 1. The summed E-state index contributed by atoms with van der Waals surface area (Å²) in [5.74, 6) is -1.21. The Labute approximate surface area is 112 Å². The summed E-state index contributed by atoms with van der Waals surface area (Å²) in [6, 6.07) is 8.78. The molecule has 1 N–H and O–H groups in total. The van der Waals surface area contributed by atoms with Crippen LogP contribution in [0.15, 0.2) is 45.8 Å². The summed E-state index contributed by atoms with van der Waals surface area (Å²) in [6.07, 6.45) is 1.56. The number of hydrogen-bond donors (Lipinski definition) is 1. The van der Waals surface area contributed by atoms with Crippen LogP contribution >= 0.6 is 15.9 Å². The predicted octanol–water partition coefficient (Wildman–Crippen LogP) is 2.51. The van der Waals surface area contributed by atoms with Gasteiger partial charge in [-0.1, -0.05) is 28.1 Å². The van der Waals surface area contributed by atoms with E-state index in [9.17, 15) is 9.59 Å². The fraction of sp³-hybridized carbons (Fsp3) is 0.0769. The largest absolute Gasteiger partial charge is 0.477 e. The van der Waals surface area contributed by atoms with Gasteiger partial charge in [0.15, 0.2) is 0 Å². The summed E-state index contributed by atoms with van der Waals surface area (Å²) in [5, 5.41) is 9.16. The lowest BCUT2D eigenvalue weighted by molar-refractivity contribution is 0.0695. The molecule has 1 aromatic heterocycles. The van der Waals surface area contributed by atoms with Crippen molar-refractivity contribution in [2.24, 2.45) is 7.05 Å². The number of hydrogen-bond acceptors (Lipinski definition) is 2. The molecule has 1 aromatic carbocycles. The van der Waals surface area contributed by atoms with E-state index in [1.54, 1.807) is 36.5 Å². The van der Waals surface area contributed by atoms with Crippen molar-refractivity contribution in [3.63, 3.8) is 0 Å². The molecule has 0 fully saturated rings. The summed E-state index contributed by atoms with van der Waals surface area (Å²) in [7, 11) is 1.53. The number of rotatable bonds is 2. The SMILES string of the molecule is Cn1ccc(-c2ccc(Br)cc2)c(C(=O)O)c1=O. The first-order chi connectivity index (χ1) is 8.50. The van der Waals surface area contributed by atoms with Crippen molar-refractivity contribution in [1.82, 2.24) is 4.57 Å². The third kappa shape index (κ3) is 2.22. The number of carboxylic acid groups (broad SMARTS) is 1. The third-order valence-corrected chi connectivity index (χ3v) is 3.17. The first-order valence-corrected chi connectivity index (χ1v) is 5.99. The second-order valence-corrected chi connectivity index (χ2v) is 4.75. The average molecular weight is 308 g/mol. The Balaban J connectivity index is 2.72. The van der Waals surface area contributed by atoms with Crippen LogP contribution in [0.3, 0.4) is 0 Å². The van der Waals surface area contributed by atoms with Crippen LogP contribution in [0.5, 0.6) is 0 Å². The normalized spacial score (nSPS) is 10.3. The van der Waals surface area contributed by atoms with Crippen LogP contribution in [0.4, 0.5) is 0 Å². The quantitative estimate of drug-likeness (QED) is 0.927. The minimum atomic E-state index is -1.21. The van der Waals surface area contributed by atoms with Gasteiger partial charge in [0, 0.05) is 23.3 Å². The zero-order chi connectivity index (χ0) is 13.3. The first-order valence-electron chi connectivity index (χ1n) is 5.19. The van der Waals surface area contributed by atoms with Gasteiger partial charge in [-0.2, -0.15) is 0 Å². The van der Waals surface area contributed by atoms with Crippen LogP contribution in [0.25, 0.3) is 11.1 Å². The molecule has 5 heteroatoms. The van der Waals surface area contributed by atoms with E-state index < -0.39 is 11.5 Å². The summed E-state index contributed by atoms with van der Waals surface area (Å²) >= 11 is 3.31. The molecule has 0 atom stereocenters. The Hall–Kier alpha value is -1.88. The summed E-state index contributed by atoms with van der Waals surface area (Å²) in [5.41, 5.74) is 0.414. The number of halogens is 1. The molecule has 0 spiro atoms. The van der Waals surface area contributed by atoms with Gasteiger partial charge in [-0.05, 0) is 23.8 Å². The maximum absolute atomic E-state index is 11.8. The van der Waals surface area contributed by atoms with Gasteiger partial charge in [-0.15, -0.1) is 0 Å². The van der Waals surface area contributed by atoms with Crippen molar-refractivity contribution in [2.75, 3.05) is 0 Å². The number of nitrogens with zero attached hydrogens (tertiary/aromatic N) is 1. The molecule has 0 bridgehead atoms. The second-order valence-electron chi connectivity index (χ2n) is 3.83. The van der Waals surface area contributed by atoms with Crippen molar-refractivity contribution in [3.8, 4) is 11.1 Å². The minimum Gasteiger partial charge on any atom is -0.477 e. The van der Waals surface area contributed by atoms with Crippen LogP contribution in [0.2, 0.25) is 0 Å². The Kier molecular flexibility index (Phi) is 3.34. The van der Waals surface area contributed by atoms with Gasteiger partial charge in [0.2, 0.25) is 0 Å². The topological polar surface area (TPSA) is 59.3 Å². The fourth-order valence-corrected chi connectivity index (χ4v) is 1.97. The standard InChI is InChI=1S/C13H10BrNO3/c1-15-7-6-10(11(12(15)16)13(17)18)8-2-4-9(14)5-3-8/h2-7H,1H3,(H,17,18). The van der Waals surface area contributed by atoms with Crippen molar-refractivity contribution in [1.29, 1.82) is 0 Å². The number of carbonyl (C=O) groups is 1. The summed E-state index contributed by atoms with van der Waals surface area (Å²) in [6.45, 7) is 0. The predicted molar refractivity (Wildman–Crippen MR) is 71.8 cm³/mol. The lowest BCUT2D eigenvalue weighted by Gasteiger charge is -2.07. The molecule has 0 amide bonds. The maximum Gasteiger partial charge on any atom is 0.341 e. The number of benzene rings is 1. The molecule has 2 rings (SSSR count). The molecular formula is C13H10BrNO3. The van der Waals surface area contributed by atoms with Crippen molar-refractivity contribution in [3.05, 3.63) is 56.9 Å². The van der Waals surface area contributed by atoms with E-state index in [1.165, 1.54) is 11.6 Å². The number of aryl methyl sites for hydroxylation is 1. The fourth-order valence-electron chi connectivity index (χ4n) is 1.71. The highest BCUT2D eigenvalue weighted by Gasteiger charge is 2.17.